The highest BCUT2D eigenvalue weighted by Crippen LogP contribution is 2.27. The molecule has 0 saturated heterocycles. The van der Waals surface area contributed by atoms with Crippen molar-refractivity contribution < 1.29 is 9.18 Å². The second kappa shape index (κ2) is 3.67. The SMILES string of the molecule is Cc1c(F)ccc(NC=O)c1Br. The molecule has 0 atom stereocenters. The van der Waals surface area contributed by atoms with Gasteiger partial charge in [0.05, 0.1) is 5.69 Å². The number of hydrogen-bond donors (Lipinski definition) is 1. The van der Waals surface area contributed by atoms with Crippen LogP contribution in [0.3, 0.4) is 0 Å². The van der Waals surface area contributed by atoms with Crippen LogP contribution < -0.4 is 5.32 Å². The standard InChI is InChI=1S/C8H7BrFNO/c1-5-6(10)2-3-7(8(5)9)11-4-12/h2-4H,1H3,(H,11,12). The normalized spacial score (nSPS) is 9.58. The smallest absolute Gasteiger partial charge is 0.211 e. The van der Waals surface area contributed by atoms with Gasteiger partial charge in [-0.05, 0) is 35.0 Å². The zero-order valence-electron chi connectivity index (χ0n) is 6.40. The number of benzene rings is 1. The monoisotopic (exact) mass is 231 g/mol. The van der Waals surface area contributed by atoms with E-state index in [0.29, 0.717) is 22.1 Å². The summed E-state index contributed by atoms with van der Waals surface area (Å²) in [6, 6.07) is 2.81. The molecule has 0 aliphatic carbocycles. The van der Waals surface area contributed by atoms with Gasteiger partial charge >= 0.3 is 0 Å². The predicted molar refractivity (Wildman–Crippen MR) is 48.5 cm³/mol. The molecule has 0 saturated carbocycles. The summed E-state index contributed by atoms with van der Waals surface area (Å²) >= 11 is 3.17. The van der Waals surface area contributed by atoms with E-state index in [0.717, 1.165) is 0 Å². The average Bonchev–Trinajstić information content (AvgIpc) is 2.07. The maximum absolute atomic E-state index is 12.9. The minimum atomic E-state index is -0.293. The molecule has 0 spiro atoms. The molecule has 0 fully saturated rings. The molecule has 1 rings (SSSR count). The van der Waals surface area contributed by atoms with Crippen molar-refractivity contribution >= 4 is 28.0 Å². The van der Waals surface area contributed by atoms with Gasteiger partial charge in [-0.3, -0.25) is 4.79 Å². The lowest BCUT2D eigenvalue weighted by Crippen LogP contribution is -1.96. The Kier molecular flexibility index (Phi) is 2.81. The van der Waals surface area contributed by atoms with Gasteiger partial charge in [0.25, 0.3) is 0 Å². The van der Waals surface area contributed by atoms with Crippen molar-refractivity contribution in [1.29, 1.82) is 0 Å². The van der Waals surface area contributed by atoms with Crippen LogP contribution in [0.1, 0.15) is 5.56 Å². The summed E-state index contributed by atoms with van der Waals surface area (Å²) in [4.78, 5) is 10.1. The second-order valence-corrected chi connectivity index (χ2v) is 3.09. The number of halogens is 2. The predicted octanol–water partition coefficient (Wildman–Crippen LogP) is 2.46. The van der Waals surface area contributed by atoms with Crippen molar-refractivity contribution in [1.82, 2.24) is 0 Å². The summed E-state index contributed by atoms with van der Waals surface area (Å²) < 4.78 is 13.4. The van der Waals surface area contributed by atoms with Gasteiger partial charge in [-0.1, -0.05) is 0 Å². The first-order valence-corrected chi connectivity index (χ1v) is 4.11. The fourth-order valence-corrected chi connectivity index (χ4v) is 1.27. The highest BCUT2D eigenvalue weighted by molar-refractivity contribution is 9.10. The summed E-state index contributed by atoms with van der Waals surface area (Å²) in [6.07, 6.45) is 0.553. The molecule has 1 N–H and O–H groups in total. The molecule has 64 valence electrons. The van der Waals surface area contributed by atoms with Crippen molar-refractivity contribution in [2.45, 2.75) is 6.92 Å². The van der Waals surface area contributed by atoms with E-state index >= 15 is 0 Å². The molecule has 0 aliphatic heterocycles. The van der Waals surface area contributed by atoms with Crippen LogP contribution in [-0.2, 0) is 4.79 Å². The number of rotatable bonds is 2. The maximum atomic E-state index is 12.9. The Balaban J connectivity index is 3.16. The van der Waals surface area contributed by atoms with E-state index in [2.05, 4.69) is 21.2 Å². The van der Waals surface area contributed by atoms with Crippen LogP contribution in [0.15, 0.2) is 16.6 Å². The van der Waals surface area contributed by atoms with Gasteiger partial charge in [-0.2, -0.15) is 0 Å². The highest BCUT2D eigenvalue weighted by atomic mass is 79.9. The van der Waals surface area contributed by atoms with E-state index < -0.39 is 0 Å². The third-order valence-electron chi connectivity index (χ3n) is 1.53. The molecule has 1 aromatic carbocycles. The first-order valence-electron chi connectivity index (χ1n) is 3.31. The van der Waals surface area contributed by atoms with Crippen LogP contribution in [0.4, 0.5) is 10.1 Å². The van der Waals surface area contributed by atoms with Crippen LogP contribution in [0.2, 0.25) is 0 Å². The van der Waals surface area contributed by atoms with Gasteiger partial charge in [-0.15, -0.1) is 0 Å². The molecular formula is C8H7BrFNO. The molecule has 0 bridgehead atoms. The summed E-state index contributed by atoms with van der Waals surface area (Å²) in [7, 11) is 0. The summed E-state index contributed by atoms with van der Waals surface area (Å²) in [6.45, 7) is 1.63. The van der Waals surface area contributed by atoms with E-state index in [4.69, 9.17) is 0 Å². The molecule has 0 radical (unpaired) electrons. The number of amides is 1. The van der Waals surface area contributed by atoms with Crippen molar-refractivity contribution in [2.24, 2.45) is 0 Å². The summed E-state index contributed by atoms with van der Waals surface area (Å²) in [5, 5.41) is 2.45. The Morgan fingerprint density at radius 2 is 2.25 bits per heavy atom. The Morgan fingerprint density at radius 3 is 2.83 bits per heavy atom. The quantitative estimate of drug-likeness (QED) is 0.779. The molecule has 1 aromatic rings. The van der Waals surface area contributed by atoms with Gasteiger partial charge in [0.2, 0.25) is 6.41 Å². The van der Waals surface area contributed by atoms with Crippen LogP contribution in [0.5, 0.6) is 0 Å². The fourth-order valence-electron chi connectivity index (χ4n) is 0.836. The first kappa shape index (κ1) is 9.19. The van der Waals surface area contributed by atoms with Gasteiger partial charge in [0, 0.05) is 10.0 Å². The zero-order chi connectivity index (χ0) is 9.14. The lowest BCUT2D eigenvalue weighted by molar-refractivity contribution is -0.105. The Hall–Kier alpha value is -0.900. The molecule has 12 heavy (non-hydrogen) atoms. The Morgan fingerprint density at radius 1 is 1.58 bits per heavy atom. The van der Waals surface area contributed by atoms with Crippen molar-refractivity contribution in [3.63, 3.8) is 0 Å². The first-order chi connectivity index (χ1) is 5.66. The molecule has 0 aliphatic rings. The van der Waals surface area contributed by atoms with Gasteiger partial charge < -0.3 is 5.32 Å². The second-order valence-electron chi connectivity index (χ2n) is 2.30. The third kappa shape index (κ3) is 1.64. The zero-order valence-corrected chi connectivity index (χ0v) is 7.98. The number of nitrogens with one attached hydrogen (secondary N) is 1. The van der Waals surface area contributed by atoms with Crippen LogP contribution in [0, 0.1) is 12.7 Å². The lowest BCUT2D eigenvalue weighted by atomic mass is 10.2. The third-order valence-corrected chi connectivity index (χ3v) is 2.56. The maximum Gasteiger partial charge on any atom is 0.211 e. The highest BCUT2D eigenvalue weighted by Gasteiger charge is 2.05. The lowest BCUT2D eigenvalue weighted by Gasteiger charge is -2.05. The Labute approximate surface area is 77.9 Å². The molecule has 0 heterocycles. The van der Waals surface area contributed by atoms with E-state index in [1.165, 1.54) is 12.1 Å². The number of carbonyl (C=O) groups is 1. The van der Waals surface area contributed by atoms with Crippen LogP contribution >= 0.6 is 15.9 Å². The molecule has 0 unspecified atom stereocenters. The van der Waals surface area contributed by atoms with Gasteiger partial charge in [0.15, 0.2) is 0 Å². The molecule has 0 aromatic heterocycles. The van der Waals surface area contributed by atoms with E-state index in [9.17, 15) is 9.18 Å². The number of anilines is 1. The van der Waals surface area contributed by atoms with Crippen LogP contribution in [0.25, 0.3) is 0 Å². The summed E-state index contributed by atoms with van der Waals surface area (Å²) in [5.41, 5.74) is 1.06. The minimum Gasteiger partial charge on any atom is -0.328 e. The minimum absolute atomic E-state index is 0.293. The van der Waals surface area contributed by atoms with E-state index in [-0.39, 0.29) is 5.82 Å². The van der Waals surface area contributed by atoms with Gasteiger partial charge in [0.1, 0.15) is 5.82 Å². The van der Waals surface area contributed by atoms with Crippen molar-refractivity contribution in [3.05, 3.63) is 28.0 Å². The molecule has 4 heteroatoms. The van der Waals surface area contributed by atoms with E-state index in [1.54, 1.807) is 6.92 Å². The average molecular weight is 232 g/mol. The number of hydrogen-bond acceptors (Lipinski definition) is 1. The largest absolute Gasteiger partial charge is 0.328 e. The summed E-state index contributed by atoms with van der Waals surface area (Å²) in [5.74, 6) is -0.293. The molecule has 1 amide bonds. The number of carbonyl (C=O) groups excluding carboxylic acids is 1. The molecular weight excluding hydrogens is 225 g/mol. The van der Waals surface area contributed by atoms with Crippen LogP contribution in [-0.4, -0.2) is 6.41 Å². The topological polar surface area (TPSA) is 29.1 Å². The Bertz CT molecular complexity index is 314. The molecule has 2 nitrogen and oxygen atoms in total. The van der Waals surface area contributed by atoms with Crippen molar-refractivity contribution in [2.75, 3.05) is 5.32 Å². The fraction of sp³-hybridized carbons (Fsp3) is 0.125. The van der Waals surface area contributed by atoms with Gasteiger partial charge in [-0.25, -0.2) is 4.39 Å². The van der Waals surface area contributed by atoms with E-state index in [1.807, 2.05) is 0 Å². The van der Waals surface area contributed by atoms with Crippen molar-refractivity contribution in [3.8, 4) is 0 Å².